The molecule has 7 nitrogen and oxygen atoms in total. The first-order chi connectivity index (χ1) is 11.2. The molecule has 1 N–H and O–H groups in total. The summed E-state index contributed by atoms with van der Waals surface area (Å²) in [5, 5.41) is 9.62. The minimum atomic E-state index is -0.398. The number of H-pyrrole nitrogens is 1. The average Bonchev–Trinajstić information content (AvgIpc) is 3.18. The van der Waals surface area contributed by atoms with Gasteiger partial charge in [-0.2, -0.15) is 4.68 Å². The predicted molar refractivity (Wildman–Crippen MR) is 81.7 cm³/mol. The van der Waals surface area contributed by atoms with Crippen LogP contribution in [0.4, 0.5) is 0 Å². The molecular formula is C16H16N4O3. The van der Waals surface area contributed by atoms with Gasteiger partial charge in [0.05, 0.1) is 5.56 Å². The third-order valence-corrected chi connectivity index (χ3v) is 4.02. The number of tetrazole rings is 1. The van der Waals surface area contributed by atoms with Crippen molar-refractivity contribution in [3.05, 3.63) is 57.9 Å². The van der Waals surface area contributed by atoms with E-state index in [1.807, 2.05) is 31.2 Å². The molecule has 1 aromatic carbocycles. The van der Waals surface area contributed by atoms with Crippen molar-refractivity contribution >= 4 is 0 Å². The fourth-order valence-electron chi connectivity index (χ4n) is 2.62. The van der Waals surface area contributed by atoms with Gasteiger partial charge in [-0.05, 0) is 41.8 Å². The highest BCUT2D eigenvalue weighted by atomic mass is 16.5. The van der Waals surface area contributed by atoms with Crippen molar-refractivity contribution in [2.75, 3.05) is 0 Å². The van der Waals surface area contributed by atoms with Gasteiger partial charge >= 0.3 is 5.69 Å². The van der Waals surface area contributed by atoms with Gasteiger partial charge in [0, 0.05) is 5.92 Å². The summed E-state index contributed by atoms with van der Waals surface area (Å²) in [5.41, 5.74) is 2.10. The molecular weight excluding hydrogens is 296 g/mol. The maximum absolute atomic E-state index is 11.8. The largest absolute Gasteiger partial charge is 0.488 e. The first-order valence-corrected chi connectivity index (χ1v) is 7.53. The van der Waals surface area contributed by atoms with Gasteiger partial charge in [0.2, 0.25) is 0 Å². The average molecular weight is 312 g/mol. The third-order valence-electron chi connectivity index (χ3n) is 4.02. The molecule has 4 rings (SSSR count). The number of benzene rings is 1. The van der Waals surface area contributed by atoms with Crippen molar-refractivity contribution in [1.82, 2.24) is 20.2 Å². The van der Waals surface area contributed by atoms with Crippen LogP contribution >= 0.6 is 0 Å². The highest BCUT2D eigenvalue weighted by Gasteiger charge is 2.32. The molecule has 0 amide bonds. The van der Waals surface area contributed by atoms with E-state index < -0.39 is 5.69 Å². The molecule has 0 atom stereocenters. The maximum atomic E-state index is 11.8. The summed E-state index contributed by atoms with van der Waals surface area (Å²) in [5.74, 6) is 2.10. The second kappa shape index (κ2) is 5.42. The van der Waals surface area contributed by atoms with Crippen LogP contribution in [-0.4, -0.2) is 20.2 Å². The van der Waals surface area contributed by atoms with Crippen molar-refractivity contribution in [3.8, 4) is 11.4 Å². The van der Waals surface area contributed by atoms with Crippen LogP contribution in [0, 0.1) is 6.92 Å². The lowest BCUT2D eigenvalue weighted by molar-refractivity contribution is 0.299. The Balaban J connectivity index is 1.69. The SMILES string of the molecule is Cc1ccccc1OCc1c(-n2nn[nH]c2=O)coc1C1CC1. The summed E-state index contributed by atoms with van der Waals surface area (Å²) in [6.45, 7) is 2.32. The number of rotatable bonds is 5. The zero-order valence-electron chi connectivity index (χ0n) is 12.7. The number of hydrogen-bond acceptors (Lipinski definition) is 5. The number of ether oxygens (including phenoxy) is 1. The molecule has 0 radical (unpaired) electrons. The highest BCUT2D eigenvalue weighted by molar-refractivity contribution is 5.43. The fourth-order valence-corrected chi connectivity index (χ4v) is 2.62. The summed E-state index contributed by atoms with van der Waals surface area (Å²) in [4.78, 5) is 11.8. The number of nitrogens with one attached hydrogen (secondary N) is 1. The molecule has 1 saturated carbocycles. The number of para-hydroxylation sites is 1. The normalized spacial score (nSPS) is 14.1. The monoisotopic (exact) mass is 312 g/mol. The van der Waals surface area contributed by atoms with Gasteiger partial charge in [0.25, 0.3) is 0 Å². The Bertz CT molecular complexity index is 889. The van der Waals surface area contributed by atoms with E-state index in [4.69, 9.17) is 9.15 Å². The third kappa shape index (κ3) is 2.54. The van der Waals surface area contributed by atoms with Gasteiger partial charge in [0.15, 0.2) is 0 Å². The van der Waals surface area contributed by atoms with Crippen molar-refractivity contribution in [2.24, 2.45) is 0 Å². The van der Waals surface area contributed by atoms with Gasteiger partial charge in [-0.25, -0.2) is 9.89 Å². The van der Waals surface area contributed by atoms with Crippen molar-refractivity contribution in [1.29, 1.82) is 0 Å². The molecule has 2 heterocycles. The highest BCUT2D eigenvalue weighted by Crippen LogP contribution is 2.43. The van der Waals surface area contributed by atoms with E-state index in [-0.39, 0.29) is 0 Å². The predicted octanol–water partition coefficient (Wildman–Crippen LogP) is 2.31. The zero-order valence-corrected chi connectivity index (χ0v) is 12.7. The maximum Gasteiger partial charge on any atom is 0.365 e. The number of nitrogens with zero attached hydrogens (tertiary/aromatic N) is 3. The number of hydrogen-bond donors (Lipinski definition) is 1. The first kappa shape index (κ1) is 13.8. The van der Waals surface area contributed by atoms with Crippen LogP contribution in [0.3, 0.4) is 0 Å². The van der Waals surface area contributed by atoms with Crippen LogP contribution < -0.4 is 10.4 Å². The van der Waals surface area contributed by atoms with Crippen molar-refractivity contribution in [2.45, 2.75) is 32.3 Å². The van der Waals surface area contributed by atoms with Gasteiger partial charge in [-0.3, -0.25) is 0 Å². The van der Waals surface area contributed by atoms with Crippen molar-refractivity contribution < 1.29 is 9.15 Å². The Morgan fingerprint density at radius 3 is 2.91 bits per heavy atom. The lowest BCUT2D eigenvalue weighted by Crippen LogP contribution is -2.17. The van der Waals surface area contributed by atoms with Crippen LogP contribution in [0.5, 0.6) is 5.75 Å². The first-order valence-electron chi connectivity index (χ1n) is 7.53. The lowest BCUT2D eigenvalue weighted by atomic mass is 10.1. The molecule has 0 spiro atoms. The molecule has 23 heavy (non-hydrogen) atoms. The Hall–Kier alpha value is -2.83. The standard InChI is InChI=1S/C16H16N4O3/c1-10-4-2-3-5-14(10)22-8-12-13(20-16(21)17-18-19-20)9-23-15(12)11-6-7-11/h2-5,9,11H,6-8H2,1H3,(H,17,19,21). The van der Waals surface area contributed by atoms with E-state index in [1.54, 1.807) is 6.26 Å². The van der Waals surface area contributed by atoms with E-state index >= 15 is 0 Å². The van der Waals surface area contributed by atoms with Crippen LogP contribution in [0.2, 0.25) is 0 Å². The second-order valence-electron chi connectivity index (χ2n) is 5.71. The Kier molecular flexibility index (Phi) is 3.25. The summed E-state index contributed by atoms with van der Waals surface area (Å²) in [7, 11) is 0. The van der Waals surface area contributed by atoms with Gasteiger partial charge < -0.3 is 9.15 Å². The van der Waals surface area contributed by atoms with E-state index in [2.05, 4.69) is 15.5 Å². The number of aryl methyl sites for hydroxylation is 1. The van der Waals surface area contributed by atoms with Crippen LogP contribution in [0.15, 0.2) is 39.7 Å². The zero-order chi connectivity index (χ0) is 15.8. The summed E-state index contributed by atoms with van der Waals surface area (Å²) in [6.07, 6.45) is 3.74. The Morgan fingerprint density at radius 1 is 1.39 bits per heavy atom. The summed E-state index contributed by atoms with van der Waals surface area (Å²) in [6, 6.07) is 7.82. The molecule has 0 unspecified atom stereocenters. The molecule has 1 aliphatic carbocycles. The Morgan fingerprint density at radius 2 is 2.22 bits per heavy atom. The minimum absolute atomic E-state index is 0.321. The van der Waals surface area contributed by atoms with E-state index in [9.17, 15) is 4.79 Å². The molecule has 7 heteroatoms. The quantitative estimate of drug-likeness (QED) is 0.781. The Labute approximate surface area is 131 Å². The second-order valence-corrected chi connectivity index (χ2v) is 5.71. The number of aromatic amines is 1. The minimum Gasteiger partial charge on any atom is -0.488 e. The molecule has 0 aliphatic heterocycles. The van der Waals surface area contributed by atoms with Crippen molar-refractivity contribution in [3.63, 3.8) is 0 Å². The van der Waals surface area contributed by atoms with Crippen LogP contribution in [-0.2, 0) is 6.61 Å². The molecule has 3 aromatic rings. The van der Waals surface area contributed by atoms with Crippen LogP contribution in [0.25, 0.3) is 5.69 Å². The lowest BCUT2D eigenvalue weighted by Gasteiger charge is -2.10. The smallest absolute Gasteiger partial charge is 0.365 e. The fraction of sp³-hybridized carbons (Fsp3) is 0.312. The van der Waals surface area contributed by atoms with Crippen LogP contribution in [0.1, 0.15) is 35.6 Å². The van der Waals surface area contributed by atoms with Gasteiger partial charge in [0.1, 0.15) is 30.1 Å². The molecule has 1 fully saturated rings. The molecule has 2 aromatic heterocycles. The number of furan rings is 1. The number of aromatic nitrogens is 4. The summed E-state index contributed by atoms with van der Waals surface area (Å²) < 4.78 is 12.8. The van der Waals surface area contributed by atoms with Gasteiger partial charge in [-0.15, -0.1) is 0 Å². The molecule has 0 saturated heterocycles. The van der Waals surface area contributed by atoms with Gasteiger partial charge in [-0.1, -0.05) is 18.2 Å². The van der Waals surface area contributed by atoms with E-state index in [0.717, 1.165) is 35.5 Å². The summed E-state index contributed by atoms with van der Waals surface area (Å²) >= 11 is 0. The molecule has 1 aliphatic rings. The molecule has 118 valence electrons. The molecule has 0 bridgehead atoms. The topological polar surface area (TPSA) is 85.9 Å². The van der Waals surface area contributed by atoms with E-state index in [1.165, 1.54) is 4.68 Å². The van der Waals surface area contributed by atoms with E-state index in [0.29, 0.717) is 18.2 Å².